The number of hydrogen-bond donors (Lipinski definition) is 1. The minimum atomic E-state index is -0.503. The summed E-state index contributed by atoms with van der Waals surface area (Å²) in [7, 11) is 3.01. The first-order valence-corrected chi connectivity index (χ1v) is 8.36. The number of halogens is 1. The topological polar surface area (TPSA) is 82.5 Å². The minimum Gasteiger partial charge on any atom is -0.497 e. The predicted molar refractivity (Wildman–Crippen MR) is 101 cm³/mol. The summed E-state index contributed by atoms with van der Waals surface area (Å²) in [6.45, 7) is 0.117. The summed E-state index contributed by atoms with van der Waals surface area (Å²) < 4.78 is 24.6. The summed E-state index contributed by atoms with van der Waals surface area (Å²) in [4.78, 5) is 24.6. The first-order valence-electron chi connectivity index (χ1n) is 8.36. The van der Waals surface area contributed by atoms with Crippen molar-refractivity contribution in [2.45, 2.75) is 6.54 Å². The van der Waals surface area contributed by atoms with Gasteiger partial charge in [0.1, 0.15) is 23.0 Å². The van der Waals surface area contributed by atoms with Crippen molar-refractivity contribution < 1.29 is 18.7 Å². The molecular formula is C20H18FN3O4. The fraction of sp³-hybridized carbons (Fsp3) is 0.150. The maximum absolute atomic E-state index is 13.0. The lowest BCUT2D eigenvalue weighted by Crippen LogP contribution is -2.26. The van der Waals surface area contributed by atoms with E-state index in [1.165, 1.54) is 38.5 Å². The number of hydrogen-bond acceptors (Lipinski definition) is 5. The van der Waals surface area contributed by atoms with Crippen LogP contribution in [0.25, 0.3) is 0 Å². The lowest BCUT2D eigenvalue weighted by molar-refractivity contribution is 0.101. The fourth-order valence-electron chi connectivity index (χ4n) is 2.53. The number of carbonyl (C=O) groups is 1. The number of ether oxygens (including phenoxy) is 2. The van der Waals surface area contributed by atoms with Crippen LogP contribution in [0.3, 0.4) is 0 Å². The van der Waals surface area contributed by atoms with Crippen LogP contribution in [-0.4, -0.2) is 29.9 Å². The molecule has 1 N–H and O–H groups in total. The van der Waals surface area contributed by atoms with Crippen molar-refractivity contribution in [3.8, 4) is 11.5 Å². The number of anilines is 1. The Morgan fingerprint density at radius 1 is 1.07 bits per heavy atom. The second-order valence-electron chi connectivity index (χ2n) is 5.86. The molecule has 1 heterocycles. The number of rotatable bonds is 6. The van der Waals surface area contributed by atoms with Gasteiger partial charge in [-0.2, -0.15) is 5.10 Å². The first kappa shape index (κ1) is 19.1. The smallest absolute Gasteiger partial charge is 0.276 e. The first-order chi connectivity index (χ1) is 13.5. The zero-order valence-electron chi connectivity index (χ0n) is 15.3. The number of carbonyl (C=O) groups excluding carboxylic acids is 1. The van der Waals surface area contributed by atoms with Crippen molar-refractivity contribution in [3.63, 3.8) is 0 Å². The number of aromatic nitrogens is 2. The normalized spacial score (nSPS) is 10.4. The summed E-state index contributed by atoms with van der Waals surface area (Å²) in [6.07, 6.45) is 0. The number of nitrogens with zero attached hydrogens (tertiary/aromatic N) is 2. The van der Waals surface area contributed by atoms with Crippen LogP contribution in [-0.2, 0) is 6.54 Å². The molecule has 0 saturated heterocycles. The average Bonchev–Trinajstić information content (AvgIpc) is 2.71. The van der Waals surface area contributed by atoms with Gasteiger partial charge in [0.05, 0.1) is 26.5 Å². The maximum atomic E-state index is 13.0. The van der Waals surface area contributed by atoms with E-state index >= 15 is 0 Å². The highest BCUT2D eigenvalue weighted by molar-refractivity contribution is 6.03. The van der Waals surface area contributed by atoms with E-state index < -0.39 is 5.91 Å². The molecule has 0 spiro atoms. The van der Waals surface area contributed by atoms with E-state index in [1.54, 1.807) is 30.3 Å². The summed E-state index contributed by atoms with van der Waals surface area (Å²) >= 11 is 0. The number of nitrogens with one attached hydrogen (secondary N) is 1. The molecule has 0 aliphatic heterocycles. The number of methoxy groups -OCH3 is 2. The Hall–Kier alpha value is -3.68. The van der Waals surface area contributed by atoms with Gasteiger partial charge in [0.25, 0.3) is 11.5 Å². The number of amides is 1. The van der Waals surface area contributed by atoms with E-state index in [0.29, 0.717) is 22.7 Å². The fourth-order valence-corrected chi connectivity index (χ4v) is 2.53. The molecule has 8 heteroatoms. The molecule has 0 radical (unpaired) electrons. The second-order valence-corrected chi connectivity index (χ2v) is 5.86. The van der Waals surface area contributed by atoms with Gasteiger partial charge < -0.3 is 14.8 Å². The molecule has 3 aromatic rings. The van der Waals surface area contributed by atoms with Crippen LogP contribution in [0.4, 0.5) is 10.1 Å². The molecule has 0 aliphatic carbocycles. The molecule has 0 saturated carbocycles. The predicted octanol–water partition coefficient (Wildman–Crippen LogP) is 2.70. The molecule has 2 aromatic carbocycles. The van der Waals surface area contributed by atoms with Gasteiger partial charge in [0.2, 0.25) is 0 Å². The van der Waals surface area contributed by atoms with Gasteiger partial charge in [-0.05, 0) is 35.9 Å². The maximum Gasteiger partial charge on any atom is 0.276 e. The molecule has 0 unspecified atom stereocenters. The monoisotopic (exact) mass is 383 g/mol. The molecule has 0 bridgehead atoms. The van der Waals surface area contributed by atoms with E-state index in [-0.39, 0.29) is 23.6 Å². The molecule has 0 aliphatic rings. The summed E-state index contributed by atoms with van der Waals surface area (Å²) in [5.74, 6) is 0.134. The Bertz CT molecular complexity index is 1050. The van der Waals surface area contributed by atoms with E-state index in [2.05, 4.69) is 10.4 Å². The lowest BCUT2D eigenvalue weighted by atomic mass is 10.2. The van der Waals surface area contributed by atoms with Crippen molar-refractivity contribution in [1.29, 1.82) is 0 Å². The van der Waals surface area contributed by atoms with Crippen LogP contribution < -0.4 is 20.3 Å². The third-order valence-electron chi connectivity index (χ3n) is 4.00. The lowest BCUT2D eigenvalue weighted by Gasteiger charge is -2.12. The van der Waals surface area contributed by atoms with Gasteiger partial charge in [-0.3, -0.25) is 9.59 Å². The molecule has 28 heavy (non-hydrogen) atoms. The minimum absolute atomic E-state index is 0.0552. The Kier molecular flexibility index (Phi) is 5.69. The number of benzene rings is 2. The molecule has 1 aromatic heterocycles. The molecule has 3 rings (SSSR count). The molecule has 0 atom stereocenters. The van der Waals surface area contributed by atoms with E-state index in [1.807, 2.05) is 0 Å². The third-order valence-corrected chi connectivity index (χ3v) is 4.00. The van der Waals surface area contributed by atoms with Crippen molar-refractivity contribution in [2.24, 2.45) is 0 Å². The third kappa shape index (κ3) is 4.35. The Balaban J connectivity index is 1.83. The van der Waals surface area contributed by atoms with E-state index in [9.17, 15) is 14.0 Å². The molecule has 1 amide bonds. The van der Waals surface area contributed by atoms with Crippen LogP contribution in [0.2, 0.25) is 0 Å². The zero-order valence-corrected chi connectivity index (χ0v) is 15.3. The van der Waals surface area contributed by atoms with Gasteiger partial charge >= 0.3 is 0 Å². The van der Waals surface area contributed by atoms with E-state index in [0.717, 1.165) is 4.68 Å². The highest BCUT2D eigenvalue weighted by atomic mass is 19.1. The van der Waals surface area contributed by atoms with Crippen molar-refractivity contribution in [1.82, 2.24) is 9.78 Å². The Labute approximate surface area is 160 Å². The molecule has 7 nitrogen and oxygen atoms in total. The largest absolute Gasteiger partial charge is 0.497 e. The van der Waals surface area contributed by atoms with Crippen LogP contribution >= 0.6 is 0 Å². The zero-order chi connectivity index (χ0) is 20.1. The van der Waals surface area contributed by atoms with Crippen molar-refractivity contribution >= 4 is 11.6 Å². The highest BCUT2D eigenvalue weighted by Crippen LogP contribution is 2.29. The van der Waals surface area contributed by atoms with Crippen molar-refractivity contribution in [3.05, 3.63) is 82.0 Å². The van der Waals surface area contributed by atoms with Gasteiger partial charge in [-0.25, -0.2) is 9.07 Å². The molecule has 144 valence electrons. The summed E-state index contributed by atoms with van der Waals surface area (Å²) in [5, 5.41) is 6.81. The van der Waals surface area contributed by atoms with Gasteiger partial charge in [0.15, 0.2) is 0 Å². The molecule has 0 fully saturated rings. The standard InChI is InChI=1S/C20H18FN3O4/c1-27-15-7-8-16(18(11-15)28-2)22-20(26)17-9-10-19(25)24(23-17)12-13-3-5-14(21)6-4-13/h3-11H,12H2,1-2H3,(H,22,26). The van der Waals surface area contributed by atoms with E-state index in [4.69, 9.17) is 9.47 Å². The van der Waals surface area contributed by atoms with Gasteiger partial charge in [-0.15, -0.1) is 0 Å². The summed E-state index contributed by atoms with van der Waals surface area (Å²) in [6, 6.07) is 13.3. The Morgan fingerprint density at radius 2 is 1.82 bits per heavy atom. The average molecular weight is 383 g/mol. The quantitative estimate of drug-likeness (QED) is 0.708. The van der Waals surface area contributed by atoms with Crippen LogP contribution in [0.1, 0.15) is 16.1 Å². The Morgan fingerprint density at radius 3 is 2.50 bits per heavy atom. The van der Waals surface area contributed by atoms with Gasteiger partial charge in [-0.1, -0.05) is 12.1 Å². The highest BCUT2D eigenvalue weighted by Gasteiger charge is 2.13. The van der Waals surface area contributed by atoms with Crippen molar-refractivity contribution in [2.75, 3.05) is 19.5 Å². The summed E-state index contributed by atoms with van der Waals surface area (Å²) in [5.41, 5.74) is 0.805. The second kappa shape index (κ2) is 8.34. The van der Waals surface area contributed by atoms with Gasteiger partial charge in [0, 0.05) is 12.1 Å². The SMILES string of the molecule is COc1ccc(NC(=O)c2ccc(=O)n(Cc3ccc(F)cc3)n2)c(OC)c1. The van der Waals surface area contributed by atoms with Crippen LogP contribution in [0.15, 0.2) is 59.4 Å². The van der Waals surface area contributed by atoms with Crippen LogP contribution in [0, 0.1) is 5.82 Å². The molecular weight excluding hydrogens is 365 g/mol. The van der Waals surface area contributed by atoms with Crippen LogP contribution in [0.5, 0.6) is 11.5 Å².